The number of nitrogens with one attached hydrogen (secondary N) is 1. The zero-order chi connectivity index (χ0) is 12.4. The lowest BCUT2D eigenvalue weighted by atomic mass is 10.1. The third kappa shape index (κ3) is 2.34. The molecule has 0 bridgehead atoms. The molecule has 5 nitrogen and oxygen atoms in total. The second-order valence-corrected chi connectivity index (χ2v) is 4.30. The van der Waals surface area contributed by atoms with Crippen LogP contribution in [0.5, 0.6) is 0 Å². The summed E-state index contributed by atoms with van der Waals surface area (Å²) < 4.78 is 15.4. The number of nitrogens with zero attached hydrogens (tertiary/aromatic N) is 4. The molecule has 0 aliphatic heterocycles. The Hall–Kier alpha value is -1.34. The van der Waals surface area contributed by atoms with Crippen LogP contribution >= 0.6 is 15.9 Å². The highest BCUT2D eigenvalue weighted by molar-refractivity contribution is 9.10. The van der Waals surface area contributed by atoms with Crippen LogP contribution in [0, 0.1) is 5.82 Å². The van der Waals surface area contributed by atoms with E-state index in [1.54, 1.807) is 25.0 Å². The molecule has 0 radical (unpaired) electrons. The number of hydrogen-bond donors (Lipinski definition) is 1. The minimum atomic E-state index is -0.367. The van der Waals surface area contributed by atoms with Gasteiger partial charge in [-0.25, -0.2) is 9.07 Å². The van der Waals surface area contributed by atoms with Gasteiger partial charge in [-0.05, 0) is 34.6 Å². The van der Waals surface area contributed by atoms with Gasteiger partial charge in [0.05, 0.1) is 17.9 Å². The first-order valence-corrected chi connectivity index (χ1v) is 5.75. The molecule has 0 saturated carbocycles. The first kappa shape index (κ1) is 12.1. The molecule has 0 spiro atoms. The number of pyridine rings is 1. The van der Waals surface area contributed by atoms with Gasteiger partial charge in [0.1, 0.15) is 5.82 Å². The lowest BCUT2D eigenvalue weighted by Gasteiger charge is -2.16. The number of halogens is 2. The Balaban J connectivity index is 2.47. The molecule has 0 amide bonds. The van der Waals surface area contributed by atoms with E-state index in [2.05, 4.69) is 36.5 Å². The van der Waals surface area contributed by atoms with Crippen molar-refractivity contribution >= 4 is 15.9 Å². The van der Waals surface area contributed by atoms with Crippen LogP contribution in [0.25, 0.3) is 0 Å². The van der Waals surface area contributed by atoms with Crippen molar-refractivity contribution in [1.82, 2.24) is 25.3 Å². The van der Waals surface area contributed by atoms with E-state index in [0.717, 1.165) is 11.3 Å². The smallest absolute Gasteiger partial charge is 0.153 e. The molecular formula is C10H11BrFN5. The van der Waals surface area contributed by atoms with E-state index >= 15 is 0 Å². The van der Waals surface area contributed by atoms with Gasteiger partial charge in [0, 0.05) is 13.2 Å². The van der Waals surface area contributed by atoms with Gasteiger partial charge in [-0.15, -0.1) is 5.10 Å². The molecule has 0 saturated heterocycles. The van der Waals surface area contributed by atoms with Gasteiger partial charge in [-0.1, -0.05) is 5.21 Å². The fourth-order valence-corrected chi connectivity index (χ4v) is 2.25. The van der Waals surface area contributed by atoms with Gasteiger partial charge in [0.2, 0.25) is 0 Å². The summed E-state index contributed by atoms with van der Waals surface area (Å²) in [4.78, 5) is 3.84. The summed E-state index contributed by atoms with van der Waals surface area (Å²) in [5.41, 5.74) is 1.54. The van der Waals surface area contributed by atoms with Crippen LogP contribution in [0.15, 0.2) is 23.1 Å². The van der Waals surface area contributed by atoms with Crippen molar-refractivity contribution in [2.24, 2.45) is 7.05 Å². The van der Waals surface area contributed by atoms with Crippen LogP contribution in [0.1, 0.15) is 17.3 Å². The highest BCUT2D eigenvalue weighted by Gasteiger charge is 2.21. The van der Waals surface area contributed by atoms with Crippen LogP contribution in [-0.4, -0.2) is 27.0 Å². The van der Waals surface area contributed by atoms with Crippen molar-refractivity contribution in [2.75, 3.05) is 7.05 Å². The molecule has 7 heteroatoms. The summed E-state index contributed by atoms with van der Waals surface area (Å²) in [6.07, 6.45) is 2.79. The average molecular weight is 300 g/mol. The van der Waals surface area contributed by atoms with Crippen molar-refractivity contribution in [3.05, 3.63) is 40.1 Å². The van der Waals surface area contributed by atoms with Crippen molar-refractivity contribution < 1.29 is 4.39 Å². The average Bonchev–Trinajstić information content (AvgIpc) is 2.62. The van der Waals surface area contributed by atoms with Gasteiger partial charge < -0.3 is 5.32 Å². The maximum atomic E-state index is 13.2. The van der Waals surface area contributed by atoms with E-state index in [4.69, 9.17) is 0 Å². The molecule has 1 unspecified atom stereocenters. The van der Waals surface area contributed by atoms with Gasteiger partial charge >= 0.3 is 0 Å². The fourth-order valence-electron chi connectivity index (χ4n) is 1.69. The largest absolute Gasteiger partial charge is 0.308 e. The molecule has 0 aromatic carbocycles. The van der Waals surface area contributed by atoms with E-state index in [-0.39, 0.29) is 11.9 Å². The van der Waals surface area contributed by atoms with Crippen LogP contribution < -0.4 is 5.32 Å². The Labute approximate surface area is 106 Å². The molecule has 0 aliphatic rings. The summed E-state index contributed by atoms with van der Waals surface area (Å²) in [7, 11) is 3.57. The minimum Gasteiger partial charge on any atom is -0.308 e. The summed E-state index contributed by atoms with van der Waals surface area (Å²) in [5.74, 6) is -0.367. The fraction of sp³-hybridized carbons (Fsp3) is 0.300. The maximum absolute atomic E-state index is 13.2. The number of aromatic nitrogens is 4. The first-order chi connectivity index (χ1) is 8.13. The van der Waals surface area contributed by atoms with E-state index in [1.807, 2.05) is 0 Å². The molecule has 2 rings (SSSR count). The number of rotatable bonds is 3. The highest BCUT2D eigenvalue weighted by Crippen LogP contribution is 2.26. The summed E-state index contributed by atoms with van der Waals surface area (Å²) in [6.45, 7) is 0. The third-order valence-corrected chi connectivity index (χ3v) is 3.01. The second-order valence-electron chi connectivity index (χ2n) is 3.55. The van der Waals surface area contributed by atoms with E-state index in [0.29, 0.717) is 4.60 Å². The molecule has 2 aromatic rings. The van der Waals surface area contributed by atoms with Crippen molar-refractivity contribution in [3.63, 3.8) is 0 Å². The molecule has 0 fully saturated rings. The molecule has 90 valence electrons. The summed E-state index contributed by atoms with van der Waals surface area (Å²) >= 11 is 3.33. The SMILES string of the molecule is CNC(c1cncc(F)c1)c1c(Br)nnn1C. The molecule has 2 heterocycles. The Morgan fingerprint density at radius 1 is 1.47 bits per heavy atom. The molecule has 2 aromatic heterocycles. The maximum Gasteiger partial charge on any atom is 0.153 e. The topological polar surface area (TPSA) is 55.6 Å². The normalized spacial score (nSPS) is 12.7. The summed E-state index contributed by atoms with van der Waals surface area (Å²) in [5, 5.41) is 10.9. The van der Waals surface area contributed by atoms with Crippen LogP contribution in [0.2, 0.25) is 0 Å². The second kappa shape index (κ2) is 4.89. The lowest BCUT2D eigenvalue weighted by Crippen LogP contribution is -2.21. The van der Waals surface area contributed by atoms with E-state index in [1.165, 1.54) is 12.3 Å². The zero-order valence-corrected chi connectivity index (χ0v) is 10.9. The monoisotopic (exact) mass is 299 g/mol. The molecule has 0 aliphatic carbocycles. The van der Waals surface area contributed by atoms with Crippen LogP contribution in [0.3, 0.4) is 0 Å². The summed E-state index contributed by atoms with van der Waals surface area (Å²) in [6, 6.07) is 1.22. The highest BCUT2D eigenvalue weighted by atomic mass is 79.9. The van der Waals surface area contributed by atoms with Crippen molar-refractivity contribution in [1.29, 1.82) is 0 Å². The first-order valence-electron chi connectivity index (χ1n) is 4.96. The molecule has 1 N–H and O–H groups in total. The molecule has 1 atom stereocenters. The predicted molar refractivity (Wildman–Crippen MR) is 63.8 cm³/mol. The third-order valence-electron chi connectivity index (χ3n) is 2.45. The Kier molecular flexibility index (Phi) is 3.49. The van der Waals surface area contributed by atoms with Crippen molar-refractivity contribution in [2.45, 2.75) is 6.04 Å². The number of hydrogen-bond acceptors (Lipinski definition) is 4. The minimum absolute atomic E-state index is 0.215. The Morgan fingerprint density at radius 3 is 2.76 bits per heavy atom. The zero-order valence-electron chi connectivity index (χ0n) is 9.35. The van der Waals surface area contributed by atoms with Crippen molar-refractivity contribution in [3.8, 4) is 0 Å². The Morgan fingerprint density at radius 2 is 2.24 bits per heavy atom. The van der Waals surface area contributed by atoms with E-state index in [9.17, 15) is 4.39 Å². The van der Waals surface area contributed by atoms with Gasteiger partial charge in [0.25, 0.3) is 0 Å². The van der Waals surface area contributed by atoms with Gasteiger partial charge in [-0.2, -0.15) is 0 Å². The van der Waals surface area contributed by atoms with Crippen LogP contribution in [-0.2, 0) is 7.05 Å². The van der Waals surface area contributed by atoms with Crippen LogP contribution in [0.4, 0.5) is 4.39 Å². The van der Waals surface area contributed by atoms with E-state index < -0.39 is 0 Å². The molecule has 17 heavy (non-hydrogen) atoms. The lowest BCUT2D eigenvalue weighted by molar-refractivity contribution is 0.581. The van der Waals surface area contributed by atoms with Gasteiger partial charge in [0.15, 0.2) is 4.60 Å². The quantitative estimate of drug-likeness (QED) is 0.931. The predicted octanol–water partition coefficient (Wildman–Crippen LogP) is 1.42. The van der Waals surface area contributed by atoms with Gasteiger partial charge in [-0.3, -0.25) is 4.98 Å². The standard InChI is InChI=1S/C10H11BrFN5/c1-13-8(6-3-7(12)5-14-4-6)9-10(11)15-16-17(9)2/h3-5,8,13H,1-2H3. The number of aryl methyl sites for hydroxylation is 1. The Bertz CT molecular complexity index is 508. The molecular weight excluding hydrogens is 289 g/mol.